The van der Waals surface area contributed by atoms with Crippen LogP contribution in [0.1, 0.15) is 48.2 Å². The molecule has 30 heavy (non-hydrogen) atoms. The van der Waals surface area contributed by atoms with E-state index in [1.54, 1.807) is 11.0 Å². The van der Waals surface area contributed by atoms with Crippen LogP contribution in [0, 0.1) is 5.82 Å². The first-order chi connectivity index (χ1) is 14.6. The van der Waals surface area contributed by atoms with E-state index in [0.29, 0.717) is 22.8 Å². The summed E-state index contributed by atoms with van der Waals surface area (Å²) >= 11 is 1.37. The monoisotopic (exact) mass is 425 g/mol. The largest absolute Gasteiger partial charge is 0.302 e. The number of aromatic nitrogens is 1. The summed E-state index contributed by atoms with van der Waals surface area (Å²) in [6.45, 7) is 7.36. The Bertz CT molecular complexity index is 1040. The van der Waals surface area contributed by atoms with Crippen molar-refractivity contribution in [2.24, 2.45) is 0 Å². The van der Waals surface area contributed by atoms with Crippen LogP contribution in [0.25, 0.3) is 10.2 Å². The van der Waals surface area contributed by atoms with E-state index < -0.39 is 0 Å². The number of benzene rings is 2. The number of carbonyl (C=O) groups is 1. The lowest BCUT2D eigenvalue weighted by Crippen LogP contribution is -2.39. The van der Waals surface area contributed by atoms with E-state index in [4.69, 9.17) is 0 Å². The van der Waals surface area contributed by atoms with Crippen molar-refractivity contribution in [3.05, 3.63) is 58.9 Å². The molecule has 1 amide bonds. The third kappa shape index (κ3) is 4.25. The molecule has 4 nitrogen and oxygen atoms in total. The molecular weight excluding hydrogens is 397 g/mol. The molecule has 0 aliphatic heterocycles. The number of thiazole rings is 1. The number of rotatable bonds is 7. The maximum atomic E-state index is 14.2. The van der Waals surface area contributed by atoms with Gasteiger partial charge in [-0.1, -0.05) is 37.3 Å². The molecule has 6 heteroatoms. The highest BCUT2D eigenvalue weighted by atomic mass is 32.1. The van der Waals surface area contributed by atoms with E-state index in [9.17, 15) is 9.18 Å². The lowest BCUT2D eigenvalue weighted by molar-refractivity contribution is 0.0983. The maximum Gasteiger partial charge on any atom is 0.260 e. The van der Waals surface area contributed by atoms with Gasteiger partial charge >= 0.3 is 0 Å². The molecule has 4 rings (SSSR count). The van der Waals surface area contributed by atoms with Crippen molar-refractivity contribution in [3.8, 4) is 0 Å². The minimum Gasteiger partial charge on any atom is -0.302 e. The molecule has 1 aliphatic carbocycles. The standard InChI is InChI=1S/C24H28FN3OS/c1-3-27(4-2)14-15-28(24-26-22-20(25)10-7-11-21(22)30-24)23(29)19-13-12-17-8-5-6-9-18(17)16-19/h7,10-13,16H,3-6,8-9,14-15H2,1-2H3. The van der Waals surface area contributed by atoms with Crippen LogP contribution >= 0.6 is 11.3 Å². The van der Waals surface area contributed by atoms with Gasteiger partial charge in [-0.3, -0.25) is 9.69 Å². The molecule has 0 unspecified atom stereocenters. The molecule has 0 atom stereocenters. The number of anilines is 1. The summed E-state index contributed by atoms with van der Waals surface area (Å²) in [5.41, 5.74) is 3.67. The van der Waals surface area contributed by atoms with Gasteiger partial charge in [-0.25, -0.2) is 9.37 Å². The Labute approximate surface area is 181 Å². The molecule has 0 fully saturated rings. The Balaban J connectivity index is 1.68. The molecule has 0 saturated heterocycles. The van der Waals surface area contributed by atoms with Crippen molar-refractivity contribution in [1.29, 1.82) is 0 Å². The van der Waals surface area contributed by atoms with E-state index in [1.165, 1.54) is 41.4 Å². The molecule has 0 bridgehead atoms. The van der Waals surface area contributed by atoms with Crippen LogP contribution in [0.15, 0.2) is 36.4 Å². The van der Waals surface area contributed by atoms with Gasteiger partial charge in [-0.15, -0.1) is 0 Å². The Hall–Kier alpha value is -2.31. The SMILES string of the molecule is CCN(CC)CCN(C(=O)c1ccc2c(c1)CCCC2)c1nc2c(F)cccc2s1. The number of hydrogen-bond donors (Lipinski definition) is 0. The molecule has 0 radical (unpaired) electrons. The van der Waals surface area contributed by atoms with Crippen LogP contribution in [0.2, 0.25) is 0 Å². The third-order valence-electron chi connectivity index (χ3n) is 5.96. The predicted octanol–water partition coefficient (Wildman–Crippen LogP) is 5.30. The summed E-state index contributed by atoms with van der Waals surface area (Å²) < 4.78 is 15.0. The van der Waals surface area contributed by atoms with E-state index >= 15 is 0 Å². The minimum atomic E-state index is -0.347. The van der Waals surface area contributed by atoms with Crippen molar-refractivity contribution in [3.63, 3.8) is 0 Å². The fraction of sp³-hybridized carbons (Fsp3) is 0.417. The van der Waals surface area contributed by atoms with Crippen LogP contribution in [-0.2, 0) is 12.8 Å². The first-order valence-electron chi connectivity index (χ1n) is 10.8. The second kappa shape index (κ2) is 9.23. The van der Waals surface area contributed by atoms with E-state index in [0.717, 1.165) is 37.2 Å². The number of amides is 1. The highest BCUT2D eigenvalue weighted by molar-refractivity contribution is 7.22. The van der Waals surface area contributed by atoms with Gasteiger partial charge in [0.25, 0.3) is 5.91 Å². The molecule has 0 saturated carbocycles. The zero-order valence-corrected chi connectivity index (χ0v) is 18.5. The minimum absolute atomic E-state index is 0.0602. The van der Waals surface area contributed by atoms with Crippen molar-refractivity contribution in [2.45, 2.75) is 39.5 Å². The number of nitrogens with zero attached hydrogens (tertiary/aromatic N) is 3. The first kappa shape index (κ1) is 20.9. The van der Waals surface area contributed by atoms with Gasteiger partial charge in [0.1, 0.15) is 11.3 Å². The Morgan fingerprint density at radius 2 is 1.83 bits per heavy atom. The average Bonchev–Trinajstić information content (AvgIpc) is 3.21. The van der Waals surface area contributed by atoms with Crippen LogP contribution < -0.4 is 4.90 Å². The fourth-order valence-corrected chi connectivity index (χ4v) is 5.11. The summed E-state index contributed by atoms with van der Waals surface area (Å²) in [7, 11) is 0. The molecular formula is C24H28FN3OS. The number of likely N-dealkylation sites (N-methyl/N-ethyl adjacent to an activating group) is 1. The van der Waals surface area contributed by atoms with Gasteiger partial charge in [-0.2, -0.15) is 0 Å². The smallest absolute Gasteiger partial charge is 0.260 e. The second-order valence-corrected chi connectivity index (χ2v) is 8.77. The highest BCUT2D eigenvalue weighted by Crippen LogP contribution is 2.31. The Morgan fingerprint density at radius 1 is 1.07 bits per heavy atom. The lowest BCUT2D eigenvalue weighted by Gasteiger charge is -2.25. The van der Waals surface area contributed by atoms with Gasteiger partial charge in [-0.05, 0) is 74.2 Å². The normalized spacial score (nSPS) is 13.6. The topological polar surface area (TPSA) is 36.4 Å². The fourth-order valence-electron chi connectivity index (χ4n) is 4.11. The Kier molecular flexibility index (Phi) is 6.44. The lowest BCUT2D eigenvalue weighted by atomic mass is 9.90. The molecule has 1 aliphatic rings. The number of aryl methyl sites for hydroxylation is 2. The second-order valence-electron chi connectivity index (χ2n) is 7.76. The summed E-state index contributed by atoms with van der Waals surface area (Å²) in [5.74, 6) is -0.407. The summed E-state index contributed by atoms with van der Waals surface area (Å²) in [4.78, 5) is 22.1. The number of halogens is 1. The van der Waals surface area contributed by atoms with Crippen molar-refractivity contribution in [2.75, 3.05) is 31.1 Å². The Morgan fingerprint density at radius 3 is 2.57 bits per heavy atom. The third-order valence-corrected chi connectivity index (χ3v) is 7.01. The number of carbonyl (C=O) groups excluding carboxylic acids is 1. The van der Waals surface area contributed by atoms with Gasteiger partial charge in [0.15, 0.2) is 5.13 Å². The summed E-state index contributed by atoms with van der Waals surface area (Å²) in [6.07, 6.45) is 4.51. The van der Waals surface area contributed by atoms with E-state index in [1.807, 2.05) is 12.1 Å². The molecule has 1 heterocycles. The van der Waals surface area contributed by atoms with Crippen molar-refractivity contribution < 1.29 is 9.18 Å². The molecule has 1 aromatic heterocycles. The summed E-state index contributed by atoms with van der Waals surface area (Å²) in [5, 5.41) is 0.560. The number of para-hydroxylation sites is 1. The molecule has 0 spiro atoms. The van der Waals surface area contributed by atoms with E-state index in [-0.39, 0.29) is 11.7 Å². The number of hydrogen-bond acceptors (Lipinski definition) is 4. The van der Waals surface area contributed by atoms with Crippen LogP contribution in [0.3, 0.4) is 0 Å². The van der Waals surface area contributed by atoms with Crippen LogP contribution in [-0.4, -0.2) is 42.0 Å². The van der Waals surface area contributed by atoms with Crippen LogP contribution in [0.5, 0.6) is 0 Å². The molecule has 0 N–H and O–H groups in total. The van der Waals surface area contributed by atoms with Crippen LogP contribution in [0.4, 0.5) is 9.52 Å². The van der Waals surface area contributed by atoms with Gasteiger partial charge in [0, 0.05) is 18.7 Å². The van der Waals surface area contributed by atoms with Gasteiger partial charge in [0.05, 0.1) is 4.70 Å². The van der Waals surface area contributed by atoms with Crippen molar-refractivity contribution in [1.82, 2.24) is 9.88 Å². The van der Waals surface area contributed by atoms with Gasteiger partial charge < -0.3 is 4.90 Å². The predicted molar refractivity (Wildman–Crippen MR) is 122 cm³/mol. The van der Waals surface area contributed by atoms with E-state index in [2.05, 4.69) is 35.9 Å². The first-order valence-corrected chi connectivity index (χ1v) is 11.6. The maximum absolute atomic E-state index is 14.2. The van der Waals surface area contributed by atoms with Crippen molar-refractivity contribution >= 4 is 32.6 Å². The average molecular weight is 426 g/mol. The quantitative estimate of drug-likeness (QED) is 0.515. The number of fused-ring (bicyclic) bond motifs is 2. The summed E-state index contributed by atoms with van der Waals surface area (Å²) in [6, 6.07) is 11.0. The molecule has 2 aromatic carbocycles. The van der Waals surface area contributed by atoms with Gasteiger partial charge in [0.2, 0.25) is 0 Å². The zero-order valence-electron chi connectivity index (χ0n) is 17.7. The molecule has 3 aromatic rings. The highest BCUT2D eigenvalue weighted by Gasteiger charge is 2.23. The molecule has 158 valence electrons. The zero-order chi connectivity index (χ0) is 21.1.